The zero-order chi connectivity index (χ0) is 26.5. The molecule has 192 valence electrons. The first-order chi connectivity index (χ1) is 17.0. The number of hydrogen-bond donors (Lipinski definition) is 2. The Labute approximate surface area is 211 Å². The van der Waals surface area contributed by atoms with Crippen LogP contribution in [0.4, 0.5) is 0 Å². The van der Waals surface area contributed by atoms with E-state index in [1.165, 1.54) is 18.2 Å². The molecule has 2 aromatic rings. The number of fused-ring (bicyclic) bond motifs is 2. The van der Waals surface area contributed by atoms with Crippen LogP contribution < -0.4 is 11.1 Å². The summed E-state index contributed by atoms with van der Waals surface area (Å²) in [4.78, 5) is 42.8. The average Bonchev–Trinajstić information content (AvgIpc) is 2.85. The van der Waals surface area contributed by atoms with E-state index in [4.69, 9.17) is 5.73 Å². The highest BCUT2D eigenvalue weighted by molar-refractivity contribution is 7.90. The smallest absolute Gasteiger partial charge is 0.223 e. The molecule has 1 aliphatic heterocycles. The molecule has 1 amide bonds. The Morgan fingerprint density at radius 3 is 2.14 bits per heavy atom. The molecule has 1 saturated heterocycles. The van der Waals surface area contributed by atoms with Gasteiger partial charge in [-0.2, -0.15) is 0 Å². The van der Waals surface area contributed by atoms with Crippen LogP contribution in [-0.4, -0.2) is 76.1 Å². The summed E-state index contributed by atoms with van der Waals surface area (Å²) in [6.07, 6.45) is 2.99. The van der Waals surface area contributed by atoms with E-state index < -0.39 is 9.84 Å². The fourth-order valence-corrected chi connectivity index (χ4v) is 4.78. The van der Waals surface area contributed by atoms with E-state index >= 15 is 0 Å². The molecule has 0 radical (unpaired) electrons. The summed E-state index contributed by atoms with van der Waals surface area (Å²) in [6.45, 7) is 4.93. The minimum Gasteiger partial charge on any atom is -0.388 e. The molecule has 0 unspecified atom stereocenters. The summed E-state index contributed by atoms with van der Waals surface area (Å²) in [6, 6.07) is 10.6. The number of amides is 1. The standard InChI is InChI=1S/C15H10O4S.C11H22N4O/c1-20(18,19)9-6-7-12-13(8-9)15(17)11-5-3-2-4-10(11)14(12)16;1-9(12)13-5-6-14-11(16)10-3-7-15(2)8-4-10/h2-8H,1H3;10H,3-8H2,1-2H3,(H2,12,13)(H,14,16). The summed E-state index contributed by atoms with van der Waals surface area (Å²) in [7, 11) is -1.33. The van der Waals surface area contributed by atoms with E-state index in [0.717, 1.165) is 32.2 Å². The third-order valence-corrected chi connectivity index (χ3v) is 7.30. The van der Waals surface area contributed by atoms with Crippen molar-refractivity contribution < 1.29 is 22.8 Å². The first-order valence-corrected chi connectivity index (χ1v) is 13.6. The average molecular weight is 513 g/mol. The highest BCUT2D eigenvalue weighted by Crippen LogP contribution is 2.28. The maximum atomic E-state index is 12.4. The van der Waals surface area contributed by atoms with Crippen LogP contribution in [0.5, 0.6) is 0 Å². The number of aliphatic imine (C=N–C) groups is 1. The van der Waals surface area contributed by atoms with E-state index in [-0.39, 0.29) is 39.4 Å². The highest BCUT2D eigenvalue weighted by Gasteiger charge is 2.30. The van der Waals surface area contributed by atoms with E-state index in [9.17, 15) is 22.8 Å². The first kappa shape index (κ1) is 27.2. The van der Waals surface area contributed by atoms with E-state index in [1.54, 1.807) is 31.2 Å². The molecule has 10 heteroatoms. The quantitative estimate of drug-likeness (QED) is 0.301. The predicted molar refractivity (Wildman–Crippen MR) is 138 cm³/mol. The summed E-state index contributed by atoms with van der Waals surface area (Å²) in [5.41, 5.74) is 6.47. The Hall–Kier alpha value is -3.37. The molecule has 2 aromatic carbocycles. The van der Waals surface area contributed by atoms with Crippen LogP contribution in [0.3, 0.4) is 0 Å². The van der Waals surface area contributed by atoms with Gasteiger partial charge in [-0.3, -0.25) is 19.4 Å². The van der Waals surface area contributed by atoms with Crippen LogP contribution in [-0.2, 0) is 14.6 Å². The minimum absolute atomic E-state index is 0.0387. The lowest BCUT2D eigenvalue weighted by Crippen LogP contribution is -2.39. The summed E-state index contributed by atoms with van der Waals surface area (Å²) in [5.74, 6) is 0.335. The van der Waals surface area contributed by atoms with Crippen molar-refractivity contribution in [2.24, 2.45) is 16.6 Å². The maximum Gasteiger partial charge on any atom is 0.223 e. The van der Waals surface area contributed by atoms with E-state index in [2.05, 4.69) is 22.3 Å². The summed E-state index contributed by atoms with van der Waals surface area (Å²) < 4.78 is 23.1. The lowest BCUT2D eigenvalue weighted by atomic mass is 9.84. The van der Waals surface area contributed by atoms with Gasteiger partial charge in [-0.15, -0.1) is 0 Å². The molecule has 0 saturated carbocycles. The SMILES string of the molecule is CC(N)=NCCNC(=O)C1CCN(C)CC1.CS(=O)(=O)c1ccc2c(c1)C(=O)c1ccccc1C2=O. The van der Waals surface area contributed by atoms with Crippen LogP contribution in [0.2, 0.25) is 0 Å². The Morgan fingerprint density at radius 2 is 1.58 bits per heavy atom. The van der Waals surface area contributed by atoms with Gasteiger partial charge in [0.15, 0.2) is 21.4 Å². The number of nitrogens with two attached hydrogens (primary N) is 1. The van der Waals surface area contributed by atoms with Gasteiger partial charge in [-0.1, -0.05) is 24.3 Å². The largest absolute Gasteiger partial charge is 0.388 e. The third-order valence-electron chi connectivity index (χ3n) is 6.19. The molecule has 1 heterocycles. The van der Waals surface area contributed by atoms with Crippen LogP contribution in [0.25, 0.3) is 0 Å². The lowest BCUT2D eigenvalue weighted by Gasteiger charge is -2.27. The Balaban J connectivity index is 0.000000207. The monoisotopic (exact) mass is 512 g/mol. The van der Waals surface area contributed by atoms with Crippen LogP contribution in [0, 0.1) is 5.92 Å². The Bertz CT molecular complexity index is 1290. The molecule has 1 aliphatic carbocycles. The van der Waals surface area contributed by atoms with Crippen molar-refractivity contribution >= 4 is 33.1 Å². The predicted octanol–water partition coefficient (Wildman–Crippen LogP) is 1.69. The summed E-state index contributed by atoms with van der Waals surface area (Å²) >= 11 is 0. The zero-order valence-electron chi connectivity index (χ0n) is 20.8. The number of carbonyl (C=O) groups is 3. The number of benzene rings is 2. The maximum absolute atomic E-state index is 12.4. The number of piperidine rings is 1. The minimum atomic E-state index is -3.42. The molecule has 0 bridgehead atoms. The van der Waals surface area contributed by atoms with Gasteiger partial charge in [0, 0.05) is 41.0 Å². The molecule has 1 fully saturated rings. The number of hydrogen-bond acceptors (Lipinski definition) is 7. The van der Waals surface area contributed by atoms with Crippen molar-refractivity contribution in [1.29, 1.82) is 0 Å². The molecule has 0 spiro atoms. The summed E-state index contributed by atoms with van der Waals surface area (Å²) in [5, 5.41) is 2.90. The number of ketones is 2. The van der Waals surface area contributed by atoms with Crippen LogP contribution >= 0.6 is 0 Å². The lowest BCUT2D eigenvalue weighted by molar-refractivity contribution is -0.126. The normalized spacial score (nSPS) is 16.5. The number of nitrogens with one attached hydrogen (secondary N) is 1. The molecule has 9 nitrogen and oxygen atoms in total. The second-order valence-corrected chi connectivity index (χ2v) is 11.1. The molecule has 0 atom stereocenters. The van der Waals surface area contributed by atoms with Gasteiger partial charge < -0.3 is 16.0 Å². The zero-order valence-corrected chi connectivity index (χ0v) is 21.6. The van der Waals surface area contributed by atoms with Crippen molar-refractivity contribution in [3.05, 3.63) is 64.7 Å². The number of sulfone groups is 1. The van der Waals surface area contributed by atoms with Gasteiger partial charge in [0.2, 0.25) is 5.91 Å². The number of likely N-dealkylation sites (tertiary alicyclic amines) is 1. The van der Waals surface area contributed by atoms with Crippen LogP contribution in [0.1, 0.15) is 51.6 Å². The fourth-order valence-electron chi connectivity index (χ4n) is 4.14. The number of amidine groups is 1. The molecular formula is C26H32N4O5S. The molecule has 2 aliphatic rings. The van der Waals surface area contributed by atoms with Crippen molar-refractivity contribution in [3.63, 3.8) is 0 Å². The van der Waals surface area contributed by atoms with E-state index in [0.29, 0.717) is 30.1 Å². The second kappa shape index (κ2) is 11.6. The molecule has 4 rings (SSSR count). The number of rotatable bonds is 5. The van der Waals surface area contributed by atoms with Crippen molar-refractivity contribution in [1.82, 2.24) is 10.2 Å². The van der Waals surface area contributed by atoms with Gasteiger partial charge in [0.25, 0.3) is 0 Å². The van der Waals surface area contributed by atoms with Gasteiger partial charge in [-0.25, -0.2) is 8.42 Å². The number of nitrogens with zero attached hydrogens (tertiary/aromatic N) is 2. The van der Waals surface area contributed by atoms with Crippen molar-refractivity contribution in [3.8, 4) is 0 Å². The van der Waals surface area contributed by atoms with Crippen LogP contribution in [0.15, 0.2) is 52.4 Å². The number of carbonyl (C=O) groups excluding carboxylic acids is 3. The topological polar surface area (TPSA) is 139 Å². The second-order valence-electron chi connectivity index (χ2n) is 9.08. The van der Waals surface area contributed by atoms with E-state index in [1.807, 2.05) is 0 Å². The first-order valence-electron chi connectivity index (χ1n) is 11.7. The van der Waals surface area contributed by atoms with Gasteiger partial charge in [-0.05, 0) is 58.1 Å². The Morgan fingerprint density at radius 1 is 1.03 bits per heavy atom. The van der Waals surface area contributed by atoms with Gasteiger partial charge in [0.1, 0.15) is 0 Å². The molecule has 3 N–H and O–H groups in total. The molecular weight excluding hydrogens is 480 g/mol. The highest BCUT2D eigenvalue weighted by atomic mass is 32.2. The van der Waals surface area contributed by atoms with Gasteiger partial charge >= 0.3 is 0 Å². The third kappa shape index (κ3) is 6.64. The van der Waals surface area contributed by atoms with Crippen molar-refractivity contribution in [2.75, 3.05) is 39.5 Å². The van der Waals surface area contributed by atoms with Crippen molar-refractivity contribution in [2.45, 2.75) is 24.7 Å². The van der Waals surface area contributed by atoms with Gasteiger partial charge in [0.05, 0.1) is 17.3 Å². The molecule has 0 aromatic heterocycles. The fraction of sp³-hybridized carbons (Fsp3) is 0.385. The molecule has 36 heavy (non-hydrogen) atoms. The Kier molecular flexibility index (Phi) is 8.75.